The summed E-state index contributed by atoms with van der Waals surface area (Å²) < 4.78 is 21.6. The number of carboxylic acid groups (broad SMARTS) is 1. The molecule has 0 amide bonds. The zero-order valence-electron chi connectivity index (χ0n) is 36.1. The molecule has 0 saturated heterocycles. The SMILES string of the molecule is CCOC(=O)C(=O)c1cnc(NCC2CCC(Nc3ccc4ccnc(Cl)c4n3)CC2)nc1.O=C(O)C(=O)c1cnc(NCC2CCC(Nc3ccc4ccnc(Cl)c4n3)CC2)nc1.O=[Se]=O. The van der Waals surface area contributed by atoms with Crippen LogP contribution in [0.4, 0.5) is 23.5 Å². The summed E-state index contributed by atoms with van der Waals surface area (Å²) >= 11 is 10.7. The summed E-state index contributed by atoms with van der Waals surface area (Å²) in [6.07, 6.45) is 16.8. The Kier molecular flexibility index (Phi) is 18.5. The van der Waals surface area contributed by atoms with Crippen LogP contribution in [0.25, 0.3) is 21.8 Å². The normalized spacial score (nSPS) is 17.6. The molecular weight excluding hydrogens is 974 g/mol. The van der Waals surface area contributed by atoms with Gasteiger partial charge < -0.3 is 31.1 Å². The van der Waals surface area contributed by atoms with Crippen LogP contribution in [0.15, 0.2) is 73.6 Å². The van der Waals surface area contributed by atoms with Crippen LogP contribution in [0.2, 0.25) is 10.3 Å². The van der Waals surface area contributed by atoms with Crippen LogP contribution < -0.4 is 21.3 Å². The monoisotopic (exact) mass is 1020 g/mol. The zero-order chi connectivity index (χ0) is 47.7. The van der Waals surface area contributed by atoms with E-state index in [-0.39, 0.29) is 17.7 Å². The van der Waals surface area contributed by atoms with Gasteiger partial charge in [0.1, 0.15) is 22.7 Å². The third kappa shape index (κ3) is 14.5. The third-order valence-corrected chi connectivity index (χ3v) is 11.7. The van der Waals surface area contributed by atoms with Crippen molar-refractivity contribution in [3.05, 3.63) is 95.0 Å². The average Bonchev–Trinajstić information content (AvgIpc) is 3.34. The van der Waals surface area contributed by atoms with Crippen LogP contribution in [0.5, 0.6) is 0 Å². The summed E-state index contributed by atoms with van der Waals surface area (Å²) in [4.78, 5) is 79.2. The number of carbonyl (C=O) groups excluding carboxylic acids is 3. The topological polar surface area (TPSA) is 283 Å². The molecule has 0 aromatic carbocycles. The van der Waals surface area contributed by atoms with E-state index in [0.29, 0.717) is 63.7 Å². The minimum absolute atomic E-state index is 0.0380. The number of halogens is 2. The van der Waals surface area contributed by atoms with Crippen LogP contribution in [0, 0.1) is 11.8 Å². The second kappa shape index (κ2) is 24.8. The van der Waals surface area contributed by atoms with Crippen molar-refractivity contribution in [2.24, 2.45) is 11.8 Å². The van der Waals surface area contributed by atoms with Gasteiger partial charge in [0, 0.05) is 73.1 Å². The molecule has 6 aromatic rings. The van der Waals surface area contributed by atoms with Gasteiger partial charge in [-0.25, -0.2) is 49.5 Å². The minimum atomic E-state index is -1.62. The summed E-state index contributed by atoms with van der Waals surface area (Å²) in [5.41, 5.74) is 1.48. The Morgan fingerprint density at radius 3 is 1.42 bits per heavy atom. The molecule has 0 atom stereocenters. The number of esters is 1. The van der Waals surface area contributed by atoms with Crippen LogP contribution in [-0.4, -0.2) is 115 Å². The van der Waals surface area contributed by atoms with Gasteiger partial charge in [0.25, 0.3) is 11.6 Å². The Balaban J connectivity index is 0.000000209. The molecule has 6 aromatic heterocycles. The van der Waals surface area contributed by atoms with E-state index in [9.17, 15) is 19.2 Å². The molecule has 350 valence electrons. The van der Waals surface area contributed by atoms with Crippen molar-refractivity contribution in [2.45, 2.75) is 70.4 Å². The third-order valence-electron chi connectivity index (χ3n) is 11.1. The fourth-order valence-electron chi connectivity index (χ4n) is 7.61. The molecule has 0 radical (unpaired) electrons. The fourth-order valence-corrected chi connectivity index (χ4v) is 8.03. The Morgan fingerprint density at radius 1 is 0.627 bits per heavy atom. The van der Waals surface area contributed by atoms with Gasteiger partial charge in [0.2, 0.25) is 11.9 Å². The molecule has 0 aliphatic heterocycles. The molecule has 0 unspecified atom stereocenters. The number of pyridine rings is 4. The Hall–Kier alpha value is -6.54. The summed E-state index contributed by atoms with van der Waals surface area (Å²) in [6, 6.07) is 12.4. The number of carboxylic acids is 1. The van der Waals surface area contributed by atoms with Gasteiger partial charge in [0.05, 0.1) is 17.7 Å². The Bertz CT molecular complexity index is 2700. The summed E-state index contributed by atoms with van der Waals surface area (Å²) in [5.74, 6) is -0.779. The van der Waals surface area contributed by atoms with Crippen molar-refractivity contribution < 1.29 is 36.7 Å². The molecule has 2 aliphatic carbocycles. The van der Waals surface area contributed by atoms with Crippen molar-refractivity contribution in [3.63, 3.8) is 0 Å². The predicted octanol–water partition coefficient (Wildman–Crippen LogP) is 6.71. The van der Waals surface area contributed by atoms with E-state index in [2.05, 4.69) is 61.1 Å². The first-order chi connectivity index (χ1) is 32.4. The molecular formula is C44H46Cl2N12O8Se. The molecule has 2 saturated carbocycles. The fraction of sp³-hybridized carbons (Fsp3) is 0.364. The van der Waals surface area contributed by atoms with Gasteiger partial charge in [-0.2, -0.15) is 0 Å². The van der Waals surface area contributed by atoms with Crippen molar-refractivity contribution in [3.8, 4) is 0 Å². The molecule has 23 heteroatoms. The summed E-state index contributed by atoms with van der Waals surface area (Å²) in [5, 5.41) is 24.9. The molecule has 6 heterocycles. The summed E-state index contributed by atoms with van der Waals surface area (Å²) in [7, 11) is 0. The first-order valence-corrected chi connectivity index (χ1v) is 23.5. The number of aromatic nitrogens is 8. The van der Waals surface area contributed by atoms with E-state index < -0.39 is 38.3 Å². The van der Waals surface area contributed by atoms with Gasteiger partial charge in [0.15, 0.2) is 10.3 Å². The first-order valence-electron chi connectivity index (χ1n) is 21.3. The van der Waals surface area contributed by atoms with Crippen molar-refractivity contribution >= 4 is 107 Å². The van der Waals surface area contributed by atoms with Crippen LogP contribution >= 0.6 is 23.2 Å². The number of carbonyl (C=O) groups is 4. The maximum atomic E-state index is 11.9. The molecule has 8 rings (SSSR count). The number of hydrogen-bond acceptors (Lipinski definition) is 19. The number of Topliss-reactive ketones (excluding diaryl/α,β-unsaturated/α-hetero) is 2. The van der Waals surface area contributed by atoms with E-state index >= 15 is 0 Å². The summed E-state index contributed by atoms with van der Waals surface area (Å²) in [6.45, 7) is 3.25. The molecule has 20 nitrogen and oxygen atoms in total. The Labute approximate surface area is 399 Å². The van der Waals surface area contributed by atoms with Crippen molar-refractivity contribution in [2.75, 3.05) is 41.0 Å². The average molecular weight is 1020 g/mol. The Morgan fingerprint density at radius 2 is 1.03 bits per heavy atom. The van der Waals surface area contributed by atoms with Gasteiger partial charge in [-0.15, -0.1) is 0 Å². The number of ketones is 2. The van der Waals surface area contributed by atoms with Gasteiger partial charge in [-0.1, -0.05) is 23.2 Å². The van der Waals surface area contributed by atoms with Crippen LogP contribution in [0.1, 0.15) is 79.0 Å². The van der Waals surface area contributed by atoms with E-state index in [0.717, 1.165) is 80.3 Å². The van der Waals surface area contributed by atoms with E-state index in [1.165, 1.54) is 24.8 Å². The quantitative estimate of drug-likeness (QED) is 0.0235. The standard InChI is InChI=1S/C23H25ClN6O3.C21H21ClN6O3.O2Se/c1-2-33-22(32)20(31)16-12-27-23(28-13-16)26-11-14-3-6-17(7-4-14)29-18-8-5-15-9-10-25-21(24)19(15)30-18;22-19-17-13(7-8-23-19)3-6-16(28-17)27-15-4-1-12(2-5-15)9-24-21-25-10-14(11-26-21)18(29)20(30)31;1-3-2/h5,8-10,12-14,17H,2-4,6-7,11H2,1H3,(H,29,30)(H,26,27,28);3,6-8,10-12,15H,1-2,4-5,9H2,(H,27,28)(H,30,31)(H,24,25,26);. The maximum absolute atomic E-state index is 11.9. The van der Waals surface area contributed by atoms with Crippen LogP contribution in [-0.2, 0) is 22.0 Å². The molecule has 2 fully saturated rings. The molecule has 67 heavy (non-hydrogen) atoms. The molecule has 5 N–H and O–H groups in total. The number of hydrogen-bond donors (Lipinski definition) is 5. The number of rotatable bonds is 15. The zero-order valence-corrected chi connectivity index (χ0v) is 39.3. The van der Waals surface area contributed by atoms with Crippen molar-refractivity contribution in [1.82, 2.24) is 39.9 Å². The number of anilines is 4. The van der Waals surface area contributed by atoms with Gasteiger partial charge in [-0.05, 0) is 107 Å². The van der Waals surface area contributed by atoms with Gasteiger partial charge >= 0.3 is 34.4 Å². The number of nitrogens with one attached hydrogen (secondary N) is 4. The second-order valence-corrected chi connectivity index (χ2v) is 16.6. The second-order valence-electron chi connectivity index (χ2n) is 15.6. The number of fused-ring (bicyclic) bond motifs is 2. The predicted molar refractivity (Wildman–Crippen MR) is 249 cm³/mol. The molecule has 0 bridgehead atoms. The molecule has 0 spiro atoms. The number of aliphatic carboxylic acids is 1. The molecule has 2 aliphatic rings. The van der Waals surface area contributed by atoms with Crippen LogP contribution in [0.3, 0.4) is 0 Å². The van der Waals surface area contributed by atoms with Gasteiger partial charge in [-0.3, -0.25) is 9.59 Å². The number of ether oxygens (including phenoxy) is 1. The van der Waals surface area contributed by atoms with E-state index in [4.69, 9.17) is 40.7 Å². The van der Waals surface area contributed by atoms with E-state index in [1.54, 1.807) is 19.3 Å². The van der Waals surface area contributed by atoms with Crippen molar-refractivity contribution in [1.29, 1.82) is 0 Å². The number of nitrogens with zero attached hydrogens (tertiary/aromatic N) is 8. The van der Waals surface area contributed by atoms with E-state index in [1.807, 2.05) is 36.4 Å². The first kappa shape index (κ1) is 49.9.